The van der Waals surface area contributed by atoms with Crippen LogP contribution >= 0.6 is 0 Å². The van der Waals surface area contributed by atoms with E-state index in [9.17, 15) is 4.79 Å². The first-order valence-corrected chi connectivity index (χ1v) is 9.95. The smallest absolute Gasteiger partial charge is 0.245 e. The van der Waals surface area contributed by atoms with E-state index in [1.807, 2.05) is 42.2 Å². The predicted octanol–water partition coefficient (Wildman–Crippen LogP) is 0.390. The van der Waals surface area contributed by atoms with Gasteiger partial charge >= 0.3 is 0 Å². The number of tetrazole rings is 1. The average molecular weight is 392 g/mol. The quantitative estimate of drug-likeness (QED) is 0.634. The molecule has 0 unspecified atom stereocenters. The number of carbonyl (C=O) groups excluding carboxylic acids is 1. The second-order valence-electron chi connectivity index (χ2n) is 7.40. The molecule has 1 fully saturated rings. The van der Waals surface area contributed by atoms with E-state index in [2.05, 4.69) is 45.1 Å². The Morgan fingerprint density at radius 3 is 2.48 bits per heavy atom. The van der Waals surface area contributed by atoms with Gasteiger partial charge in [-0.3, -0.25) is 4.79 Å². The normalized spacial score (nSPS) is 15.8. The zero-order valence-electron chi connectivity index (χ0n) is 16.5. The van der Waals surface area contributed by atoms with Crippen molar-refractivity contribution in [1.29, 1.82) is 0 Å². The van der Waals surface area contributed by atoms with Crippen LogP contribution in [-0.4, -0.2) is 63.2 Å². The molecular weight excluding hydrogens is 366 g/mol. The summed E-state index contributed by atoms with van der Waals surface area (Å²) in [5.41, 5.74) is 3.12. The number of hydrogen-bond acceptors (Lipinski definition) is 5. The van der Waals surface area contributed by atoms with Crippen molar-refractivity contribution in [2.45, 2.75) is 19.5 Å². The van der Waals surface area contributed by atoms with Crippen molar-refractivity contribution < 1.29 is 9.69 Å². The lowest BCUT2D eigenvalue weighted by Crippen LogP contribution is -3.13. The van der Waals surface area contributed by atoms with Gasteiger partial charge in [-0.15, -0.1) is 5.10 Å². The molecule has 1 aliphatic rings. The number of piperazine rings is 1. The first-order chi connectivity index (χ1) is 14.2. The molecule has 29 heavy (non-hydrogen) atoms. The Hall–Kier alpha value is -3.26. The highest BCUT2D eigenvalue weighted by molar-refractivity contribution is 5.84. The van der Waals surface area contributed by atoms with Crippen molar-refractivity contribution in [2.75, 3.05) is 31.5 Å². The van der Waals surface area contributed by atoms with Crippen LogP contribution in [0.15, 0.2) is 60.9 Å². The molecule has 1 atom stereocenters. The molecule has 0 saturated carbocycles. The van der Waals surface area contributed by atoms with Gasteiger partial charge in [0, 0.05) is 11.3 Å². The molecule has 1 aromatic heterocycles. The van der Waals surface area contributed by atoms with Crippen LogP contribution in [0.5, 0.6) is 0 Å². The molecule has 1 saturated heterocycles. The Labute approximate surface area is 170 Å². The number of rotatable bonds is 6. The van der Waals surface area contributed by atoms with Crippen molar-refractivity contribution in [3.05, 3.63) is 66.5 Å². The van der Waals surface area contributed by atoms with Gasteiger partial charge in [0.05, 0.1) is 31.9 Å². The van der Waals surface area contributed by atoms with Gasteiger partial charge in [-0.1, -0.05) is 30.3 Å². The summed E-state index contributed by atoms with van der Waals surface area (Å²) in [4.78, 5) is 16.3. The Bertz CT molecular complexity index is 904. The molecule has 2 aromatic carbocycles. The van der Waals surface area contributed by atoms with Crippen molar-refractivity contribution in [3.8, 4) is 5.69 Å². The molecule has 0 bridgehead atoms. The third kappa shape index (κ3) is 4.78. The van der Waals surface area contributed by atoms with Crippen LogP contribution in [0.2, 0.25) is 0 Å². The maximum absolute atomic E-state index is 12.8. The average Bonchev–Trinajstić information content (AvgIpc) is 3.30. The van der Waals surface area contributed by atoms with E-state index >= 15 is 0 Å². The number of benzene rings is 2. The van der Waals surface area contributed by atoms with Gasteiger partial charge in [0.25, 0.3) is 0 Å². The molecule has 4 rings (SSSR count). The van der Waals surface area contributed by atoms with E-state index in [1.165, 1.54) is 10.5 Å². The number of amides is 1. The lowest BCUT2D eigenvalue weighted by atomic mass is 10.2. The number of nitrogens with one attached hydrogen (secondary N) is 2. The number of hydrogen-bond donors (Lipinski definition) is 2. The first-order valence-electron chi connectivity index (χ1n) is 9.95. The number of carbonyl (C=O) groups is 1. The highest BCUT2D eigenvalue weighted by Crippen LogP contribution is 2.14. The van der Waals surface area contributed by atoms with Crippen LogP contribution in [0.3, 0.4) is 0 Å². The fourth-order valence-corrected chi connectivity index (χ4v) is 3.68. The maximum Gasteiger partial charge on any atom is 0.245 e. The Kier molecular flexibility index (Phi) is 5.81. The van der Waals surface area contributed by atoms with Crippen LogP contribution in [0.4, 0.5) is 5.69 Å². The summed E-state index contributed by atoms with van der Waals surface area (Å²) >= 11 is 0. The molecule has 3 aromatic rings. The van der Waals surface area contributed by atoms with Gasteiger partial charge in [-0.05, 0) is 41.6 Å². The summed E-state index contributed by atoms with van der Waals surface area (Å²) < 4.78 is 1.59. The van der Waals surface area contributed by atoms with Gasteiger partial charge < -0.3 is 15.1 Å². The minimum atomic E-state index is -0.274. The summed E-state index contributed by atoms with van der Waals surface area (Å²) in [7, 11) is 0. The molecule has 1 aliphatic heterocycles. The van der Waals surface area contributed by atoms with Crippen molar-refractivity contribution in [3.63, 3.8) is 0 Å². The van der Waals surface area contributed by atoms with E-state index in [0.29, 0.717) is 0 Å². The second-order valence-corrected chi connectivity index (χ2v) is 7.40. The zero-order valence-corrected chi connectivity index (χ0v) is 16.5. The van der Waals surface area contributed by atoms with E-state index < -0.39 is 0 Å². The highest BCUT2D eigenvalue weighted by atomic mass is 16.2. The van der Waals surface area contributed by atoms with Gasteiger partial charge in [-0.25, -0.2) is 4.68 Å². The maximum atomic E-state index is 12.8. The minimum Gasteiger partial charge on any atom is -0.374 e. The van der Waals surface area contributed by atoms with Gasteiger partial charge in [-0.2, -0.15) is 0 Å². The molecule has 1 amide bonds. The van der Waals surface area contributed by atoms with Gasteiger partial charge in [0.1, 0.15) is 18.9 Å². The largest absolute Gasteiger partial charge is 0.374 e. The molecule has 2 heterocycles. The lowest BCUT2D eigenvalue weighted by Gasteiger charge is -2.34. The summed E-state index contributed by atoms with van der Waals surface area (Å²) in [6, 6.07) is 18.0. The molecule has 0 radical (unpaired) electrons. The van der Waals surface area contributed by atoms with Crippen LogP contribution in [0.25, 0.3) is 5.69 Å². The standard InChI is InChI=1S/C21H25N7O/c1-17(23-19-7-9-20(10-8-19)28-16-22-24-25-28)21(29)27-13-11-26(12-14-27)15-18-5-3-2-4-6-18/h2-10,16-17,23H,11-15H2,1H3/p+1/t17-/m1/s1. The zero-order chi connectivity index (χ0) is 20.1. The summed E-state index contributed by atoms with van der Waals surface area (Å²) in [6.45, 7) is 6.49. The van der Waals surface area contributed by atoms with E-state index in [-0.39, 0.29) is 11.9 Å². The van der Waals surface area contributed by atoms with Crippen LogP contribution in [0.1, 0.15) is 12.5 Å². The highest BCUT2D eigenvalue weighted by Gasteiger charge is 2.26. The molecule has 150 valence electrons. The van der Waals surface area contributed by atoms with Crippen molar-refractivity contribution in [2.24, 2.45) is 0 Å². The summed E-state index contributed by atoms with van der Waals surface area (Å²) in [5.74, 6) is 0.147. The molecule has 8 nitrogen and oxygen atoms in total. The van der Waals surface area contributed by atoms with E-state index in [1.54, 1.807) is 11.0 Å². The number of anilines is 1. The van der Waals surface area contributed by atoms with E-state index in [4.69, 9.17) is 0 Å². The third-order valence-electron chi connectivity index (χ3n) is 5.31. The summed E-state index contributed by atoms with van der Waals surface area (Å²) in [5, 5.41) is 14.5. The molecule has 0 aliphatic carbocycles. The monoisotopic (exact) mass is 392 g/mol. The minimum absolute atomic E-state index is 0.147. The predicted molar refractivity (Wildman–Crippen MR) is 110 cm³/mol. The molecular formula is C21H26N7O+. The Morgan fingerprint density at radius 1 is 1.10 bits per heavy atom. The number of quaternary nitrogens is 1. The molecule has 2 N–H and O–H groups in total. The van der Waals surface area contributed by atoms with E-state index in [0.717, 1.165) is 44.1 Å². The molecule has 8 heteroatoms. The van der Waals surface area contributed by atoms with Gasteiger partial charge in [0.15, 0.2) is 0 Å². The number of aromatic nitrogens is 4. The Morgan fingerprint density at radius 2 is 1.83 bits per heavy atom. The van der Waals surface area contributed by atoms with Crippen molar-refractivity contribution >= 4 is 11.6 Å². The lowest BCUT2D eigenvalue weighted by molar-refractivity contribution is -0.917. The number of nitrogens with zero attached hydrogens (tertiary/aromatic N) is 5. The fraction of sp³-hybridized carbons (Fsp3) is 0.333. The van der Waals surface area contributed by atoms with Crippen LogP contribution in [-0.2, 0) is 11.3 Å². The second kappa shape index (κ2) is 8.83. The van der Waals surface area contributed by atoms with Crippen molar-refractivity contribution in [1.82, 2.24) is 25.1 Å². The summed E-state index contributed by atoms with van der Waals surface area (Å²) in [6.07, 6.45) is 1.55. The van der Waals surface area contributed by atoms with Gasteiger partial charge in [0.2, 0.25) is 5.91 Å². The fourth-order valence-electron chi connectivity index (χ4n) is 3.68. The SMILES string of the molecule is C[C@@H](Nc1ccc(-n2cnnn2)cc1)C(=O)N1CC[NH+](Cc2ccccc2)CC1. The van der Waals surface area contributed by atoms with Crippen LogP contribution in [0, 0.1) is 0 Å². The third-order valence-corrected chi connectivity index (χ3v) is 5.31. The van der Waals surface area contributed by atoms with Crippen LogP contribution < -0.4 is 10.2 Å². The Balaban J connectivity index is 1.27. The topological polar surface area (TPSA) is 80.4 Å². The molecule has 0 spiro atoms. The first kappa shape index (κ1) is 19.1.